The molecule has 0 saturated carbocycles. The first-order chi connectivity index (χ1) is 8.60. The Balaban J connectivity index is 2.37. The molecule has 1 saturated heterocycles. The number of hydrogen-bond acceptors (Lipinski definition) is 3. The second-order valence-electron chi connectivity index (χ2n) is 4.79. The summed E-state index contributed by atoms with van der Waals surface area (Å²) < 4.78 is 14.7. The van der Waals surface area contributed by atoms with Gasteiger partial charge in [0, 0.05) is 13.1 Å². The molecular weight excluding hydrogens is 299 g/mol. The second-order valence-corrected chi connectivity index (χ2v) is 5.58. The fourth-order valence-corrected chi connectivity index (χ4v) is 3.04. The predicted octanol–water partition coefficient (Wildman–Crippen LogP) is 2.25. The predicted molar refractivity (Wildman–Crippen MR) is 74.0 cm³/mol. The van der Waals surface area contributed by atoms with Gasteiger partial charge in [0.2, 0.25) is 0 Å². The minimum atomic E-state index is -0.287. The molecule has 0 spiro atoms. The Labute approximate surface area is 115 Å². The fraction of sp³-hybridized carbons (Fsp3) is 0.538. The Morgan fingerprint density at radius 2 is 2.28 bits per heavy atom. The summed E-state index contributed by atoms with van der Waals surface area (Å²) in [5.74, 6) is 0.0906. The molecule has 2 atom stereocenters. The molecule has 1 aromatic rings. The summed E-state index contributed by atoms with van der Waals surface area (Å²) in [5, 5.41) is 9.43. The van der Waals surface area contributed by atoms with Gasteiger partial charge in [-0.05, 0) is 39.9 Å². The van der Waals surface area contributed by atoms with E-state index in [0.29, 0.717) is 22.6 Å². The van der Waals surface area contributed by atoms with E-state index in [-0.39, 0.29) is 18.5 Å². The van der Waals surface area contributed by atoms with Gasteiger partial charge < -0.3 is 15.7 Å². The summed E-state index contributed by atoms with van der Waals surface area (Å²) in [7, 11) is 0. The SMILES string of the molecule is CC1CCN(c2ccc(CN)c(Br)c2F)C1CO. The molecule has 1 aliphatic heterocycles. The quantitative estimate of drug-likeness (QED) is 0.899. The van der Waals surface area contributed by atoms with E-state index < -0.39 is 0 Å². The zero-order valence-corrected chi connectivity index (χ0v) is 12.0. The summed E-state index contributed by atoms with van der Waals surface area (Å²) in [4.78, 5) is 1.95. The maximum absolute atomic E-state index is 14.3. The van der Waals surface area contributed by atoms with Crippen molar-refractivity contribution in [3.05, 3.63) is 28.0 Å². The standard InChI is InChI=1S/C13H18BrFN2O/c1-8-4-5-17(11(8)7-18)10-3-2-9(6-16)12(14)13(10)15/h2-3,8,11,18H,4-7,16H2,1H3. The van der Waals surface area contributed by atoms with Crippen LogP contribution >= 0.6 is 15.9 Å². The number of aliphatic hydroxyl groups is 1. The minimum Gasteiger partial charge on any atom is -0.394 e. The van der Waals surface area contributed by atoms with Crippen LogP contribution in [0, 0.1) is 11.7 Å². The van der Waals surface area contributed by atoms with Crippen molar-refractivity contribution in [2.75, 3.05) is 18.1 Å². The molecular formula is C13H18BrFN2O. The first-order valence-electron chi connectivity index (χ1n) is 6.14. The van der Waals surface area contributed by atoms with Crippen LogP contribution in [-0.2, 0) is 6.54 Å². The Hall–Kier alpha value is -0.650. The third-order valence-corrected chi connectivity index (χ3v) is 4.60. The largest absolute Gasteiger partial charge is 0.394 e. The van der Waals surface area contributed by atoms with E-state index in [1.807, 2.05) is 11.0 Å². The van der Waals surface area contributed by atoms with Crippen LogP contribution in [-0.4, -0.2) is 24.3 Å². The number of nitrogens with two attached hydrogens (primary N) is 1. The molecule has 2 unspecified atom stereocenters. The molecule has 0 aromatic heterocycles. The number of aliphatic hydroxyl groups excluding tert-OH is 1. The number of benzene rings is 1. The Morgan fingerprint density at radius 3 is 2.89 bits per heavy atom. The van der Waals surface area contributed by atoms with Gasteiger partial charge in [-0.2, -0.15) is 0 Å². The van der Waals surface area contributed by atoms with Crippen molar-refractivity contribution >= 4 is 21.6 Å². The van der Waals surface area contributed by atoms with Crippen molar-refractivity contribution in [2.24, 2.45) is 11.7 Å². The van der Waals surface area contributed by atoms with Gasteiger partial charge in [-0.15, -0.1) is 0 Å². The lowest BCUT2D eigenvalue weighted by Crippen LogP contribution is -2.35. The third-order valence-electron chi connectivity index (χ3n) is 3.74. The molecule has 100 valence electrons. The summed E-state index contributed by atoms with van der Waals surface area (Å²) in [6.07, 6.45) is 0.973. The summed E-state index contributed by atoms with van der Waals surface area (Å²) in [5.41, 5.74) is 6.85. The maximum Gasteiger partial charge on any atom is 0.160 e. The highest BCUT2D eigenvalue weighted by Gasteiger charge is 2.32. The molecule has 0 radical (unpaired) electrons. The van der Waals surface area contributed by atoms with Crippen molar-refractivity contribution in [1.82, 2.24) is 0 Å². The van der Waals surface area contributed by atoms with Crippen molar-refractivity contribution < 1.29 is 9.50 Å². The van der Waals surface area contributed by atoms with Crippen LogP contribution in [0.2, 0.25) is 0 Å². The van der Waals surface area contributed by atoms with Crippen LogP contribution in [0.3, 0.4) is 0 Å². The molecule has 1 heterocycles. The van der Waals surface area contributed by atoms with Gasteiger partial charge in [0.15, 0.2) is 5.82 Å². The average Bonchev–Trinajstić information content (AvgIpc) is 2.73. The van der Waals surface area contributed by atoms with Gasteiger partial charge in [0.1, 0.15) is 0 Å². The van der Waals surface area contributed by atoms with E-state index >= 15 is 0 Å². The van der Waals surface area contributed by atoms with Crippen LogP contribution in [0.5, 0.6) is 0 Å². The zero-order valence-electron chi connectivity index (χ0n) is 10.4. The van der Waals surface area contributed by atoms with E-state index in [4.69, 9.17) is 5.73 Å². The number of rotatable bonds is 3. The summed E-state index contributed by atoms with van der Waals surface area (Å²) in [6, 6.07) is 3.58. The molecule has 2 rings (SSSR count). The second kappa shape index (κ2) is 5.55. The third kappa shape index (κ3) is 2.27. The molecule has 5 heteroatoms. The number of anilines is 1. The zero-order chi connectivity index (χ0) is 13.3. The van der Waals surface area contributed by atoms with Crippen LogP contribution in [0.1, 0.15) is 18.9 Å². The Kier molecular flexibility index (Phi) is 4.25. The summed E-state index contributed by atoms with van der Waals surface area (Å²) in [6.45, 7) is 3.22. The molecule has 3 nitrogen and oxygen atoms in total. The van der Waals surface area contributed by atoms with Crippen molar-refractivity contribution in [3.8, 4) is 0 Å². The maximum atomic E-state index is 14.3. The monoisotopic (exact) mass is 316 g/mol. The molecule has 18 heavy (non-hydrogen) atoms. The van der Waals surface area contributed by atoms with Crippen molar-refractivity contribution in [2.45, 2.75) is 25.9 Å². The van der Waals surface area contributed by atoms with Crippen LogP contribution in [0.4, 0.5) is 10.1 Å². The highest BCUT2D eigenvalue weighted by atomic mass is 79.9. The van der Waals surface area contributed by atoms with E-state index in [2.05, 4.69) is 22.9 Å². The molecule has 0 aliphatic carbocycles. The van der Waals surface area contributed by atoms with Gasteiger partial charge in [0.05, 0.1) is 22.8 Å². The van der Waals surface area contributed by atoms with Gasteiger partial charge in [-0.1, -0.05) is 13.0 Å². The smallest absolute Gasteiger partial charge is 0.160 e. The normalized spacial score (nSPS) is 23.7. The molecule has 3 N–H and O–H groups in total. The van der Waals surface area contributed by atoms with Crippen molar-refractivity contribution in [3.63, 3.8) is 0 Å². The lowest BCUT2D eigenvalue weighted by molar-refractivity contribution is 0.244. The lowest BCUT2D eigenvalue weighted by Gasteiger charge is -2.28. The van der Waals surface area contributed by atoms with Gasteiger partial charge in [0.25, 0.3) is 0 Å². The first-order valence-corrected chi connectivity index (χ1v) is 6.93. The molecule has 1 aromatic carbocycles. The van der Waals surface area contributed by atoms with E-state index in [1.165, 1.54) is 0 Å². The molecule has 1 aliphatic rings. The number of nitrogens with zero attached hydrogens (tertiary/aromatic N) is 1. The highest BCUT2D eigenvalue weighted by molar-refractivity contribution is 9.10. The lowest BCUT2D eigenvalue weighted by atomic mass is 10.0. The van der Waals surface area contributed by atoms with Gasteiger partial charge in [-0.25, -0.2) is 4.39 Å². The van der Waals surface area contributed by atoms with Crippen LogP contribution in [0.25, 0.3) is 0 Å². The Morgan fingerprint density at radius 1 is 1.56 bits per heavy atom. The molecule has 0 amide bonds. The van der Waals surface area contributed by atoms with Crippen LogP contribution < -0.4 is 10.6 Å². The van der Waals surface area contributed by atoms with Crippen LogP contribution in [0.15, 0.2) is 16.6 Å². The van der Waals surface area contributed by atoms with E-state index in [9.17, 15) is 9.50 Å². The highest BCUT2D eigenvalue weighted by Crippen LogP contribution is 2.35. The average molecular weight is 317 g/mol. The van der Waals surface area contributed by atoms with E-state index in [1.54, 1.807) is 6.07 Å². The topological polar surface area (TPSA) is 49.5 Å². The van der Waals surface area contributed by atoms with Gasteiger partial charge in [-0.3, -0.25) is 0 Å². The number of hydrogen-bond donors (Lipinski definition) is 2. The van der Waals surface area contributed by atoms with E-state index in [0.717, 1.165) is 18.5 Å². The molecule has 1 fully saturated rings. The van der Waals surface area contributed by atoms with Gasteiger partial charge >= 0.3 is 0 Å². The fourth-order valence-electron chi connectivity index (χ4n) is 2.54. The number of halogens is 2. The molecule has 0 bridgehead atoms. The minimum absolute atomic E-state index is 0.00451. The first kappa shape index (κ1) is 13.8. The van der Waals surface area contributed by atoms with Crippen molar-refractivity contribution in [1.29, 1.82) is 0 Å². The summed E-state index contributed by atoms with van der Waals surface area (Å²) >= 11 is 3.25. The Bertz CT molecular complexity index is 441.